The zero-order valence-corrected chi connectivity index (χ0v) is 19.0. The van der Waals surface area contributed by atoms with Crippen LogP contribution in [0.3, 0.4) is 0 Å². The molecular formula is C27H30O6. The van der Waals surface area contributed by atoms with Crippen LogP contribution >= 0.6 is 0 Å². The van der Waals surface area contributed by atoms with E-state index in [9.17, 15) is 19.8 Å². The highest BCUT2D eigenvalue weighted by Crippen LogP contribution is 2.41. The van der Waals surface area contributed by atoms with Crippen LogP contribution in [0.5, 0.6) is 23.0 Å². The molecule has 174 valence electrons. The fraction of sp³-hybridized carbons (Fsp3) is 0.333. The lowest BCUT2D eigenvalue weighted by atomic mass is 9.77. The van der Waals surface area contributed by atoms with Crippen molar-refractivity contribution in [3.8, 4) is 23.0 Å². The average molecular weight is 451 g/mol. The normalized spacial score (nSPS) is 15.2. The number of hydrogen-bond acceptors (Lipinski definition) is 6. The summed E-state index contributed by atoms with van der Waals surface area (Å²) in [5.74, 6) is 0.330. The van der Waals surface area contributed by atoms with E-state index < -0.39 is 5.41 Å². The highest BCUT2D eigenvalue weighted by Gasteiger charge is 2.44. The SMILES string of the molecule is CCOc1cc(/C=C/C(=O)C2(C(=O)/C=C/c3ccc(O)c(OCC)c3)CCCC2)ccc1O. The van der Waals surface area contributed by atoms with Crippen LogP contribution in [0.15, 0.2) is 48.6 Å². The summed E-state index contributed by atoms with van der Waals surface area (Å²) < 4.78 is 10.8. The van der Waals surface area contributed by atoms with Crippen LogP contribution in [0.2, 0.25) is 0 Å². The summed E-state index contributed by atoms with van der Waals surface area (Å²) >= 11 is 0. The Morgan fingerprint density at radius 1 is 0.818 bits per heavy atom. The van der Waals surface area contributed by atoms with E-state index in [1.165, 1.54) is 24.3 Å². The number of allylic oxidation sites excluding steroid dienone is 2. The van der Waals surface area contributed by atoms with E-state index in [0.29, 0.717) is 48.7 Å². The summed E-state index contributed by atoms with van der Waals surface area (Å²) in [6.07, 6.45) is 8.87. The minimum absolute atomic E-state index is 0.0367. The maximum atomic E-state index is 13.2. The van der Waals surface area contributed by atoms with Gasteiger partial charge in [0.2, 0.25) is 0 Å². The van der Waals surface area contributed by atoms with Gasteiger partial charge in [-0.2, -0.15) is 0 Å². The lowest BCUT2D eigenvalue weighted by Crippen LogP contribution is -2.34. The molecule has 1 aliphatic carbocycles. The third-order valence-corrected chi connectivity index (χ3v) is 5.82. The van der Waals surface area contributed by atoms with Gasteiger partial charge < -0.3 is 19.7 Å². The second kappa shape index (κ2) is 10.9. The highest BCUT2D eigenvalue weighted by molar-refractivity contribution is 6.17. The monoisotopic (exact) mass is 450 g/mol. The molecule has 1 aliphatic rings. The minimum atomic E-state index is -1.06. The number of ether oxygens (including phenoxy) is 2. The summed E-state index contributed by atoms with van der Waals surface area (Å²) in [6.45, 7) is 4.47. The van der Waals surface area contributed by atoms with Crippen molar-refractivity contribution in [2.75, 3.05) is 13.2 Å². The molecule has 33 heavy (non-hydrogen) atoms. The van der Waals surface area contributed by atoms with E-state index in [0.717, 1.165) is 12.8 Å². The van der Waals surface area contributed by atoms with Crippen molar-refractivity contribution >= 4 is 23.7 Å². The van der Waals surface area contributed by atoms with Crippen molar-refractivity contribution in [3.63, 3.8) is 0 Å². The van der Waals surface area contributed by atoms with E-state index in [1.807, 2.05) is 13.8 Å². The second-order valence-corrected chi connectivity index (χ2v) is 8.00. The Bertz CT molecular complexity index is 981. The maximum Gasteiger partial charge on any atom is 0.169 e. The van der Waals surface area contributed by atoms with Crippen LogP contribution in [0, 0.1) is 5.41 Å². The van der Waals surface area contributed by atoms with Crippen LogP contribution in [-0.2, 0) is 9.59 Å². The second-order valence-electron chi connectivity index (χ2n) is 8.00. The van der Waals surface area contributed by atoms with Crippen LogP contribution < -0.4 is 9.47 Å². The van der Waals surface area contributed by atoms with E-state index in [-0.39, 0.29) is 23.1 Å². The standard InChI is InChI=1S/C27H30O6/c1-3-32-23-17-19(7-11-21(23)28)9-13-25(30)27(15-5-6-16-27)26(31)14-10-20-8-12-22(29)24(18-20)33-4-2/h7-14,17-18,28-29H,3-6,15-16H2,1-2H3/b13-9+,14-10+. The van der Waals surface area contributed by atoms with Gasteiger partial charge in [0.15, 0.2) is 34.6 Å². The van der Waals surface area contributed by atoms with Crippen LogP contribution in [0.25, 0.3) is 12.2 Å². The van der Waals surface area contributed by atoms with Crippen LogP contribution in [-0.4, -0.2) is 35.0 Å². The van der Waals surface area contributed by atoms with Crippen LogP contribution in [0.1, 0.15) is 50.7 Å². The number of phenols is 2. The number of ketones is 2. The molecule has 0 atom stereocenters. The molecule has 0 saturated heterocycles. The third kappa shape index (κ3) is 5.64. The van der Waals surface area contributed by atoms with E-state index in [4.69, 9.17) is 9.47 Å². The average Bonchev–Trinajstić information content (AvgIpc) is 3.31. The number of hydrogen-bond donors (Lipinski definition) is 2. The molecule has 0 spiro atoms. The molecule has 6 heteroatoms. The van der Waals surface area contributed by atoms with Crippen molar-refractivity contribution in [2.24, 2.45) is 5.41 Å². The predicted octanol–water partition coefficient (Wildman–Crippen LogP) is 5.32. The van der Waals surface area contributed by atoms with Crippen molar-refractivity contribution in [3.05, 3.63) is 59.7 Å². The lowest BCUT2D eigenvalue weighted by Gasteiger charge is -2.22. The summed E-state index contributed by atoms with van der Waals surface area (Å²) in [5, 5.41) is 19.7. The lowest BCUT2D eigenvalue weighted by molar-refractivity contribution is -0.134. The molecule has 0 bridgehead atoms. The Morgan fingerprint density at radius 2 is 1.24 bits per heavy atom. The molecule has 1 fully saturated rings. The summed E-state index contributed by atoms with van der Waals surface area (Å²) in [4.78, 5) is 26.4. The number of aromatic hydroxyl groups is 2. The number of phenolic OH excluding ortho intramolecular Hbond substituents is 2. The molecule has 2 aromatic carbocycles. The Labute approximate surface area is 194 Å². The van der Waals surface area contributed by atoms with Gasteiger partial charge in [-0.25, -0.2) is 0 Å². The molecule has 0 aliphatic heterocycles. The van der Waals surface area contributed by atoms with Gasteiger partial charge in [-0.15, -0.1) is 0 Å². The molecule has 6 nitrogen and oxygen atoms in total. The Balaban J connectivity index is 1.79. The van der Waals surface area contributed by atoms with E-state index >= 15 is 0 Å². The molecule has 1 saturated carbocycles. The van der Waals surface area contributed by atoms with Crippen molar-refractivity contribution in [1.29, 1.82) is 0 Å². The number of carbonyl (C=O) groups is 2. The summed E-state index contributed by atoms with van der Waals surface area (Å²) in [5.41, 5.74) is 0.341. The molecule has 0 aromatic heterocycles. The summed E-state index contributed by atoms with van der Waals surface area (Å²) in [6, 6.07) is 9.72. The van der Waals surface area contributed by atoms with Crippen molar-refractivity contribution in [1.82, 2.24) is 0 Å². The Morgan fingerprint density at radius 3 is 1.64 bits per heavy atom. The number of benzene rings is 2. The molecule has 0 amide bonds. The molecule has 0 radical (unpaired) electrons. The Hall–Kier alpha value is -3.54. The topological polar surface area (TPSA) is 93.1 Å². The molecule has 2 N–H and O–H groups in total. The van der Waals surface area contributed by atoms with Gasteiger partial charge in [-0.3, -0.25) is 9.59 Å². The van der Waals surface area contributed by atoms with E-state index in [2.05, 4.69) is 0 Å². The van der Waals surface area contributed by atoms with Gasteiger partial charge in [-0.05, 0) is 74.2 Å². The van der Waals surface area contributed by atoms with Crippen LogP contribution in [0.4, 0.5) is 0 Å². The molecule has 0 unspecified atom stereocenters. The first-order valence-corrected chi connectivity index (χ1v) is 11.3. The molecule has 2 aromatic rings. The van der Waals surface area contributed by atoms with Gasteiger partial charge in [0.25, 0.3) is 0 Å². The van der Waals surface area contributed by atoms with Gasteiger partial charge >= 0.3 is 0 Å². The summed E-state index contributed by atoms with van der Waals surface area (Å²) in [7, 11) is 0. The van der Waals surface area contributed by atoms with Gasteiger partial charge in [0.1, 0.15) is 0 Å². The Kier molecular flexibility index (Phi) is 7.93. The third-order valence-electron chi connectivity index (χ3n) is 5.82. The van der Waals surface area contributed by atoms with Gasteiger partial charge in [-0.1, -0.05) is 37.1 Å². The predicted molar refractivity (Wildman–Crippen MR) is 128 cm³/mol. The molecule has 3 rings (SSSR count). The van der Waals surface area contributed by atoms with E-state index in [1.54, 1.807) is 36.4 Å². The fourth-order valence-corrected chi connectivity index (χ4v) is 4.07. The first-order valence-electron chi connectivity index (χ1n) is 11.3. The fourth-order valence-electron chi connectivity index (χ4n) is 4.07. The number of carbonyl (C=O) groups excluding carboxylic acids is 2. The van der Waals surface area contributed by atoms with Crippen molar-refractivity contribution in [2.45, 2.75) is 39.5 Å². The van der Waals surface area contributed by atoms with Gasteiger partial charge in [0.05, 0.1) is 18.6 Å². The quantitative estimate of drug-likeness (QED) is 0.376. The number of rotatable bonds is 10. The zero-order chi connectivity index (χ0) is 23.8. The minimum Gasteiger partial charge on any atom is -0.504 e. The largest absolute Gasteiger partial charge is 0.504 e. The smallest absolute Gasteiger partial charge is 0.169 e. The van der Waals surface area contributed by atoms with Crippen molar-refractivity contribution < 1.29 is 29.3 Å². The van der Waals surface area contributed by atoms with Gasteiger partial charge in [0, 0.05) is 0 Å². The first-order chi connectivity index (χ1) is 15.9. The first kappa shape index (κ1) is 24.1. The molecule has 0 heterocycles. The highest BCUT2D eigenvalue weighted by atomic mass is 16.5. The zero-order valence-electron chi connectivity index (χ0n) is 19.0. The maximum absolute atomic E-state index is 13.2. The molecular weight excluding hydrogens is 420 g/mol.